The van der Waals surface area contributed by atoms with Gasteiger partial charge in [-0.15, -0.1) is 11.8 Å². The maximum absolute atomic E-state index is 12.6. The van der Waals surface area contributed by atoms with Crippen molar-refractivity contribution in [2.24, 2.45) is 0 Å². The monoisotopic (exact) mass is 469 g/mol. The number of Topliss-reactive ketones (excluding diaryl/α,β-unsaturated/α-hetero) is 1. The van der Waals surface area contributed by atoms with Crippen LogP contribution in [0, 0.1) is 6.92 Å². The van der Waals surface area contributed by atoms with Crippen LogP contribution in [-0.4, -0.2) is 73.0 Å². The number of carbonyl (C=O) groups is 3. The molecule has 2 amide bonds. The third kappa shape index (κ3) is 7.33. The van der Waals surface area contributed by atoms with Gasteiger partial charge >= 0.3 is 0 Å². The average molecular weight is 470 g/mol. The molecule has 2 aromatic rings. The van der Waals surface area contributed by atoms with E-state index in [1.165, 1.54) is 18.7 Å². The summed E-state index contributed by atoms with van der Waals surface area (Å²) in [5.41, 5.74) is 3.49. The van der Waals surface area contributed by atoms with Crippen LogP contribution < -0.4 is 10.1 Å². The minimum Gasteiger partial charge on any atom is -0.496 e. The van der Waals surface area contributed by atoms with E-state index < -0.39 is 0 Å². The largest absolute Gasteiger partial charge is 0.496 e. The first-order valence-electron chi connectivity index (χ1n) is 11.0. The molecule has 2 aromatic carbocycles. The number of rotatable bonds is 9. The van der Waals surface area contributed by atoms with Crippen LogP contribution in [0.4, 0.5) is 5.69 Å². The summed E-state index contributed by atoms with van der Waals surface area (Å²) in [6.07, 6.45) is 0. The number of hydrogen-bond acceptors (Lipinski definition) is 6. The number of nitrogens with zero attached hydrogens (tertiary/aromatic N) is 2. The molecule has 0 spiro atoms. The molecule has 0 unspecified atom stereocenters. The van der Waals surface area contributed by atoms with E-state index in [0.717, 1.165) is 22.6 Å². The second-order valence-corrected chi connectivity index (χ2v) is 9.13. The minimum absolute atomic E-state index is 0.00500. The number of amides is 2. The molecule has 33 heavy (non-hydrogen) atoms. The molecule has 0 radical (unpaired) electrons. The van der Waals surface area contributed by atoms with E-state index in [1.807, 2.05) is 42.2 Å². The number of thioether (sulfide) groups is 1. The number of carbonyl (C=O) groups excluding carboxylic acids is 3. The molecule has 1 saturated heterocycles. The molecule has 1 heterocycles. The molecule has 176 valence electrons. The third-order valence-corrected chi connectivity index (χ3v) is 6.56. The fourth-order valence-corrected chi connectivity index (χ4v) is 4.55. The second kappa shape index (κ2) is 11.9. The lowest BCUT2D eigenvalue weighted by Crippen LogP contribution is -2.50. The molecule has 0 saturated carbocycles. The molecule has 3 rings (SSSR count). The Morgan fingerprint density at radius 3 is 2.36 bits per heavy atom. The molecular weight excluding hydrogens is 438 g/mol. The summed E-state index contributed by atoms with van der Waals surface area (Å²) in [4.78, 5) is 40.5. The number of methoxy groups -OCH3 is 1. The zero-order valence-corrected chi connectivity index (χ0v) is 20.2. The van der Waals surface area contributed by atoms with E-state index in [9.17, 15) is 14.4 Å². The van der Waals surface area contributed by atoms with E-state index in [0.29, 0.717) is 49.8 Å². The van der Waals surface area contributed by atoms with Crippen molar-refractivity contribution >= 4 is 35.0 Å². The number of ether oxygens (including phenoxy) is 1. The Hall–Kier alpha value is -2.84. The van der Waals surface area contributed by atoms with Crippen molar-refractivity contribution < 1.29 is 19.1 Å². The molecule has 1 fully saturated rings. The number of hydrogen-bond donors (Lipinski definition) is 1. The highest BCUT2D eigenvalue weighted by atomic mass is 32.2. The van der Waals surface area contributed by atoms with Gasteiger partial charge < -0.3 is 15.0 Å². The Kier molecular flexibility index (Phi) is 8.91. The zero-order valence-electron chi connectivity index (χ0n) is 19.4. The fraction of sp³-hybridized carbons (Fsp3) is 0.400. The van der Waals surface area contributed by atoms with E-state index >= 15 is 0 Å². The maximum Gasteiger partial charge on any atom is 0.238 e. The van der Waals surface area contributed by atoms with E-state index in [1.54, 1.807) is 19.2 Å². The Bertz CT molecular complexity index is 986. The quantitative estimate of drug-likeness (QED) is 0.568. The predicted octanol–water partition coefficient (Wildman–Crippen LogP) is 3.22. The normalized spacial score (nSPS) is 14.1. The standard InChI is InChI=1S/C25H31N3O4S/c1-18-4-7-22(8-5-18)26-24(30)15-27-10-12-28(13-11-27)25(31)17-33-16-21-14-20(19(2)29)6-9-23(21)32-3/h4-9,14H,10-13,15-17H2,1-3H3,(H,26,30). The molecule has 0 aromatic heterocycles. The van der Waals surface area contributed by atoms with Gasteiger partial charge in [-0.25, -0.2) is 0 Å². The summed E-state index contributed by atoms with van der Waals surface area (Å²) in [5.74, 6) is 1.72. The van der Waals surface area contributed by atoms with Gasteiger partial charge in [0.25, 0.3) is 0 Å². The smallest absolute Gasteiger partial charge is 0.238 e. The number of piperazine rings is 1. The van der Waals surface area contributed by atoms with Crippen molar-refractivity contribution in [3.8, 4) is 5.75 Å². The van der Waals surface area contributed by atoms with Crippen LogP contribution in [0.5, 0.6) is 5.75 Å². The summed E-state index contributed by atoms with van der Waals surface area (Å²) in [7, 11) is 1.60. The fourth-order valence-electron chi connectivity index (χ4n) is 3.65. The maximum atomic E-state index is 12.6. The molecule has 1 aliphatic rings. The number of benzene rings is 2. The van der Waals surface area contributed by atoms with Gasteiger partial charge in [-0.05, 0) is 44.2 Å². The van der Waals surface area contributed by atoms with Crippen LogP contribution in [0.25, 0.3) is 0 Å². The van der Waals surface area contributed by atoms with Gasteiger partial charge in [-0.2, -0.15) is 0 Å². The molecule has 8 heteroatoms. The highest BCUT2D eigenvalue weighted by molar-refractivity contribution is 7.99. The molecular formula is C25H31N3O4S. The van der Waals surface area contributed by atoms with Crippen molar-refractivity contribution in [3.05, 3.63) is 59.2 Å². The molecule has 7 nitrogen and oxygen atoms in total. The number of ketones is 1. The summed E-state index contributed by atoms with van der Waals surface area (Å²) in [6.45, 7) is 6.43. The first-order valence-corrected chi connectivity index (χ1v) is 12.1. The molecule has 1 N–H and O–H groups in total. The zero-order chi connectivity index (χ0) is 23.8. The highest BCUT2D eigenvalue weighted by Crippen LogP contribution is 2.25. The van der Waals surface area contributed by atoms with Crippen molar-refractivity contribution in [2.75, 3.05) is 50.9 Å². The van der Waals surface area contributed by atoms with Gasteiger partial charge in [0.15, 0.2) is 5.78 Å². The molecule has 0 atom stereocenters. The Balaban J connectivity index is 1.40. The first kappa shape index (κ1) is 24.8. The van der Waals surface area contributed by atoms with Crippen LogP contribution in [0.3, 0.4) is 0 Å². The summed E-state index contributed by atoms with van der Waals surface area (Å²) in [5, 5.41) is 2.92. The SMILES string of the molecule is COc1ccc(C(C)=O)cc1CSCC(=O)N1CCN(CC(=O)Nc2ccc(C)cc2)CC1. The first-order chi connectivity index (χ1) is 15.9. The van der Waals surface area contributed by atoms with Crippen LogP contribution >= 0.6 is 11.8 Å². The Labute approximate surface area is 199 Å². The average Bonchev–Trinajstić information content (AvgIpc) is 2.80. The van der Waals surface area contributed by atoms with Crippen LogP contribution in [0.2, 0.25) is 0 Å². The second-order valence-electron chi connectivity index (χ2n) is 8.15. The Morgan fingerprint density at radius 2 is 1.73 bits per heavy atom. The third-order valence-electron chi connectivity index (χ3n) is 5.60. The molecule has 0 bridgehead atoms. The number of aryl methyl sites for hydroxylation is 1. The molecule has 0 aliphatic carbocycles. The predicted molar refractivity (Wildman–Crippen MR) is 132 cm³/mol. The lowest BCUT2D eigenvalue weighted by Gasteiger charge is -2.34. The summed E-state index contributed by atoms with van der Waals surface area (Å²) < 4.78 is 5.38. The molecule has 1 aliphatic heterocycles. The van der Waals surface area contributed by atoms with E-state index in [-0.39, 0.29) is 17.6 Å². The van der Waals surface area contributed by atoms with Crippen molar-refractivity contribution in [3.63, 3.8) is 0 Å². The van der Waals surface area contributed by atoms with Gasteiger partial charge in [-0.1, -0.05) is 17.7 Å². The van der Waals surface area contributed by atoms with E-state index in [2.05, 4.69) is 10.2 Å². The lowest BCUT2D eigenvalue weighted by molar-refractivity contribution is -0.130. The van der Waals surface area contributed by atoms with Gasteiger partial charge in [0.1, 0.15) is 5.75 Å². The topological polar surface area (TPSA) is 79.0 Å². The Morgan fingerprint density at radius 1 is 1.03 bits per heavy atom. The van der Waals surface area contributed by atoms with Gasteiger partial charge in [0.05, 0.1) is 19.4 Å². The summed E-state index contributed by atoms with van der Waals surface area (Å²) >= 11 is 1.51. The van der Waals surface area contributed by atoms with Crippen LogP contribution in [0.1, 0.15) is 28.4 Å². The van der Waals surface area contributed by atoms with E-state index in [4.69, 9.17) is 4.74 Å². The summed E-state index contributed by atoms with van der Waals surface area (Å²) in [6, 6.07) is 13.1. The van der Waals surface area contributed by atoms with Gasteiger partial charge in [-0.3, -0.25) is 19.3 Å². The minimum atomic E-state index is -0.0454. The van der Waals surface area contributed by atoms with Crippen LogP contribution in [0.15, 0.2) is 42.5 Å². The van der Waals surface area contributed by atoms with Gasteiger partial charge in [0.2, 0.25) is 11.8 Å². The van der Waals surface area contributed by atoms with Crippen molar-refractivity contribution in [1.29, 1.82) is 0 Å². The van der Waals surface area contributed by atoms with Gasteiger partial charge in [0, 0.05) is 48.7 Å². The number of anilines is 1. The number of nitrogens with one attached hydrogen (secondary N) is 1. The van der Waals surface area contributed by atoms with Crippen LogP contribution in [-0.2, 0) is 15.3 Å². The van der Waals surface area contributed by atoms with Crippen molar-refractivity contribution in [1.82, 2.24) is 9.80 Å². The lowest BCUT2D eigenvalue weighted by atomic mass is 10.1. The van der Waals surface area contributed by atoms with Crippen molar-refractivity contribution in [2.45, 2.75) is 19.6 Å². The highest BCUT2D eigenvalue weighted by Gasteiger charge is 2.22.